The minimum atomic E-state index is -1.57. The Morgan fingerprint density at radius 2 is 1.70 bits per heavy atom. The number of methoxy groups -OCH3 is 2. The molecule has 0 spiro atoms. The summed E-state index contributed by atoms with van der Waals surface area (Å²) in [5.74, 6) is -0.285. The number of amides is 2. The zero-order valence-corrected chi connectivity index (χ0v) is 26.0. The number of H-pyrrole nitrogens is 2. The van der Waals surface area contributed by atoms with Crippen LogP contribution in [-0.4, -0.2) is 59.7 Å². The van der Waals surface area contributed by atoms with Crippen LogP contribution in [0.4, 0.5) is 0 Å². The molecule has 2 atom stereocenters. The Labute approximate surface area is 267 Å². The van der Waals surface area contributed by atoms with Gasteiger partial charge in [0.25, 0.3) is 5.91 Å². The standard InChI is InChI=1S/C36H36N6O4/c1-23(43)41-36(42-15-7-4-8-16-42,35(44)40-20-25-12-14-32(45-2)33(18-25)46-3)34(28-21-38-30-10-6-5-9-26(28)30)29-22-39-31-13-11-24(19-37)17-27(29)31/h4-7,9-14,17-18,21-22,34,38-39H,8,15-16,20H2,1-3H3,(H,40,44)(H,41,43). The monoisotopic (exact) mass is 616 g/mol. The van der Waals surface area contributed by atoms with E-state index in [-0.39, 0.29) is 18.4 Å². The van der Waals surface area contributed by atoms with E-state index >= 15 is 4.79 Å². The quantitative estimate of drug-likeness (QED) is 0.162. The van der Waals surface area contributed by atoms with Crippen LogP contribution < -0.4 is 20.1 Å². The van der Waals surface area contributed by atoms with Gasteiger partial charge >= 0.3 is 0 Å². The second-order valence-corrected chi connectivity index (χ2v) is 11.4. The van der Waals surface area contributed by atoms with Crippen molar-refractivity contribution in [3.8, 4) is 17.6 Å². The number of hydrogen-bond donors (Lipinski definition) is 4. The van der Waals surface area contributed by atoms with Crippen molar-refractivity contribution in [1.29, 1.82) is 5.26 Å². The molecule has 0 saturated carbocycles. The first-order valence-electron chi connectivity index (χ1n) is 15.1. The summed E-state index contributed by atoms with van der Waals surface area (Å²) in [6.07, 6.45) is 8.62. The molecule has 2 amide bonds. The van der Waals surface area contributed by atoms with Gasteiger partial charge in [0, 0.05) is 60.8 Å². The molecule has 10 heteroatoms. The molecule has 3 aromatic carbocycles. The maximum atomic E-state index is 15.1. The van der Waals surface area contributed by atoms with E-state index in [2.05, 4.69) is 32.7 Å². The Balaban J connectivity index is 1.58. The summed E-state index contributed by atoms with van der Waals surface area (Å²) in [4.78, 5) is 37.1. The Hall–Kier alpha value is -5.53. The number of benzene rings is 3. The van der Waals surface area contributed by atoms with Gasteiger partial charge in [-0.1, -0.05) is 36.4 Å². The second kappa shape index (κ2) is 12.8. The van der Waals surface area contributed by atoms with Gasteiger partial charge in [0.2, 0.25) is 5.91 Å². The van der Waals surface area contributed by atoms with Crippen molar-refractivity contribution in [2.45, 2.75) is 31.5 Å². The number of nitrogens with one attached hydrogen (secondary N) is 4. The van der Waals surface area contributed by atoms with E-state index in [9.17, 15) is 10.1 Å². The summed E-state index contributed by atoms with van der Waals surface area (Å²) < 4.78 is 10.9. The predicted molar refractivity (Wildman–Crippen MR) is 176 cm³/mol. The Morgan fingerprint density at radius 1 is 0.957 bits per heavy atom. The highest BCUT2D eigenvalue weighted by molar-refractivity contribution is 5.96. The number of para-hydroxylation sites is 1. The van der Waals surface area contributed by atoms with Crippen LogP contribution in [0.1, 0.15) is 41.5 Å². The second-order valence-electron chi connectivity index (χ2n) is 11.4. The molecule has 6 rings (SSSR count). The summed E-state index contributed by atoms with van der Waals surface area (Å²) >= 11 is 0. The van der Waals surface area contributed by atoms with Crippen molar-refractivity contribution in [2.24, 2.45) is 0 Å². The SMILES string of the molecule is COc1ccc(CNC(=O)C(NC(C)=O)(C(c2c[nH]c3ccccc23)c2c[nH]c3ccc(C#N)cc23)N2CC=CCC2)cc1OC. The lowest BCUT2D eigenvalue weighted by molar-refractivity contribution is -0.143. The zero-order valence-electron chi connectivity index (χ0n) is 26.0. The summed E-state index contributed by atoms with van der Waals surface area (Å²) in [6.45, 7) is 2.59. The lowest BCUT2D eigenvalue weighted by Crippen LogP contribution is -2.71. The molecule has 5 aromatic rings. The highest BCUT2D eigenvalue weighted by Crippen LogP contribution is 2.44. The molecule has 0 bridgehead atoms. The first-order chi connectivity index (χ1) is 22.4. The molecule has 46 heavy (non-hydrogen) atoms. The van der Waals surface area contributed by atoms with Gasteiger partial charge in [-0.15, -0.1) is 0 Å². The number of nitriles is 1. The number of nitrogens with zero attached hydrogens (tertiary/aromatic N) is 2. The van der Waals surface area contributed by atoms with Gasteiger partial charge in [-0.25, -0.2) is 0 Å². The normalized spacial score (nSPS) is 15.2. The van der Waals surface area contributed by atoms with Gasteiger partial charge in [-0.2, -0.15) is 5.26 Å². The predicted octanol–water partition coefficient (Wildman–Crippen LogP) is 5.08. The molecule has 2 unspecified atom stereocenters. The van der Waals surface area contributed by atoms with Crippen LogP contribution >= 0.6 is 0 Å². The third-order valence-corrected chi connectivity index (χ3v) is 8.67. The van der Waals surface area contributed by atoms with E-state index in [1.54, 1.807) is 26.4 Å². The third kappa shape index (κ3) is 5.46. The van der Waals surface area contributed by atoms with Gasteiger partial charge in [0.1, 0.15) is 0 Å². The van der Waals surface area contributed by atoms with Crippen molar-refractivity contribution in [1.82, 2.24) is 25.5 Å². The van der Waals surface area contributed by atoms with Crippen LogP contribution in [0.3, 0.4) is 0 Å². The number of hydrogen-bond acceptors (Lipinski definition) is 6. The van der Waals surface area contributed by atoms with Crippen LogP contribution in [0.2, 0.25) is 0 Å². The van der Waals surface area contributed by atoms with Gasteiger partial charge in [0.05, 0.1) is 31.8 Å². The van der Waals surface area contributed by atoms with Gasteiger partial charge in [-0.05, 0) is 59.5 Å². The van der Waals surface area contributed by atoms with E-state index in [0.717, 1.165) is 38.5 Å². The molecule has 0 aliphatic carbocycles. The summed E-state index contributed by atoms with van der Waals surface area (Å²) in [5, 5.41) is 17.9. The topological polar surface area (TPSA) is 135 Å². The summed E-state index contributed by atoms with van der Waals surface area (Å²) in [7, 11) is 3.14. The molecule has 2 aromatic heterocycles. The van der Waals surface area contributed by atoms with Crippen molar-refractivity contribution >= 4 is 33.6 Å². The largest absolute Gasteiger partial charge is 0.493 e. The lowest BCUT2D eigenvalue weighted by Gasteiger charge is -2.48. The van der Waals surface area contributed by atoms with Crippen LogP contribution in [0.25, 0.3) is 21.8 Å². The number of ether oxygens (including phenoxy) is 2. The van der Waals surface area contributed by atoms with Crippen molar-refractivity contribution in [3.05, 3.63) is 107 Å². The van der Waals surface area contributed by atoms with E-state index in [1.165, 1.54) is 6.92 Å². The van der Waals surface area contributed by atoms with Crippen molar-refractivity contribution in [2.75, 3.05) is 27.3 Å². The molecule has 4 N–H and O–H groups in total. The molecular formula is C36H36N6O4. The highest BCUT2D eigenvalue weighted by Gasteiger charge is 2.53. The average Bonchev–Trinajstić information content (AvgIpc) is 3.71. The molecule has 1 aliphatic heterocycles. The van der Waals surface area contributed by atoms with Crippen LogP contribution in [0.15, 0.2) is 85.2 Å². The maximum Gasteiger partial charge on any atom is 0.262 e. The first-order valence-corrected chi connectivity index (χ1v) is 15.1. The highest BCUT2D eigenvalue weighted by atomic mass is 16.5. The van der Waals surface area contributed by atoms with Crippen LogP contribution in [0.5, 0.6) is 11.5 Å². The molecule has 1 aliphatic rings. The fraction of sp³-hybridized carbons (Fsp3) is 0.250. The molecule has 234 valence electrons. The number of carbonyl (C=O) groups excluding carboxylic acids is 2. The number of rotatable bonds is 10. The number of carbonyl (C=O) groups is 2. The number of aromatic amines is 2. The van der Waals surface area contributed by atoms with Crippen LogP contribution in [0, 0.1) is 11.3 Å². The minimum Gasteiger partial charge on any atom is -0.493 e. The van der Waals surface area contributed by atoms with Crippen molar-refractivity contribution in [3.63, 3.8) is 0 Å². The number of fused-ring (bicyclic) bond motifs is 2. The summed E-state index contributed by atoms with van der Waals surface area (Å²) in [6, 6.07) is 21.1. The Kier molecular flexibility index (Phi) is 8.51. The van der Waals surface area contributed by atoms with E-state index in [0.29, 0.717) is 36.6 Å². The Morgan fingerprint density at radius 3 is 2.39 bits per heavy atom. The van der Waals surface area contributed by atoms with Crippen molar-refractivity contribution < 1.29 is 19.1 Å². The van der Waals surface area contributed by atoms with E-state index in [1.807, 2.05) is 71.9 Å². The molecule has 0 saturated heterocycles. The maximum absolute atomic E-state index is 15.1. The van der Waals surface area contributed by atoms with E-state index in [4.69, 9.17) is 9.47 Å². The smallest absolute Gasteiger partial charge is 0.262 e. The fourth-order valence-corrected chi connectivity index (χ4v) is 6.60. The third-order valence-electron chi connectivity index (χ3n) is 8.67. The zero-order chi connectivity index (χ0) is 32.3. The van der Waals surface area contributed by atoms with Gasteiger partial charge in [0.15, 0.2) is 17.2 Å². The number of aromatic nitrogens is 2. The Bertz CT molecular complexity index is 1990. The lowest BCUT2D eigenvalue weighted by atomic mass is 9.77. The molecular weight excluding hydrogens is 580 g/mol. The molecule has 0 fully saturated rings. The minimum absolute atomic E-state index is 0.178. The molecule has 10 nitrogen and oxygen atoms in total. The molecule has 3 heterocycles. The van der Waals surface area contributed by atoms with E-state index < -0.39 is 11.6 Å². The fourth-order valence-electron chi connectivity index (χ4n) is 6.60. The van der Waals surface area contributed by atoms with Crippen LogP contribution in [-0.2, 0) is 16.1 Å². The summed E-state index contributed by atoms with van der Waals surface area (Å²) in [5.41, 5.74) is 3.06. The first kappa shape index (κ1) is 30.5. The molecule has 0 radical (unpaired) electrons. The van der Waals surface area contributed by atoms with Gasteiger partial charge in [-0.3, -0.25) is 14.5 Å². The average molecular weight is 617 g/mol. The van der Waals surface area contributed by atoms with Gasteiger partial charge < -0.3 is 30.1 Å².